The predicted octanol–water partition coefficient (Wildman–Crippen LogP) is 3.40. The van der Waals surface area contributed by atoms with E-state index in [1.54, 1.807) is 18.2 Å². The first kappa shape index (κ1) is 17.4. The molecule has 0 atom stereocenters. The minimum absolute atomic E-state index is 0.0841. The standard InChI is InChI=1S/C16H13BrClN5O2/c1-25-14-7-6-12(18)8-13(14)19-15(24)9-23-21-16(20-22-23)10-2-4-11(17)5-3-10/h2-8H,9H2,1H3,(H,19,24). The first-order valence-corrected chi connectivity index (χ1v) is 8.39. The van der Waals surface area contributed by atoms with Crippen LogP contribution in [-0.4, -0.2) is 33.2 Å². The minimum Gasteiger partial charge on any atom is -0.495 e. The number of hydrogen-bond acceptors (Lipinski definition) is 5. The van der Waals surface area contributed by atoms with Crippen LogP contribution in [0, 0.1) is 0 Å². The van der Waals surface area contributed by atoms with Gasteiger partial charge in [-0.2, -0.15) is 4.80 Å². The number of aromatic nitrogens is 4. The number of hydrogen-bond donors (Lipinski definition) is 1. The predicted molar refractivity (Wildman–Crippen MR) is 97.6 cm³/mol. The van der Waals surface area contributed by atoms with Gasteiger partial charge in [0.25, 0.3) is 0 Å². The van der Waals surface area contributed by atoms with Crippen LogP contribution in [0.25, 0.3) is 11.4 Å². The molecule has 0 radical (unpaired) electrons. The van der Waals surface area contributed by atoms with E-state index in [4.69, 9.17) is 16.3 Å². The third kappa shape index (κ3) is 4.34. The Morgan fingerprint density at radius 2 is 2.04 bits per heavy atom. The van der Waals surface area contributed by atoms with Gasteiger partial charge in [-0.15, -0.1) is 10.2 Å². The molecule has 0 saturated heterocycles. The van der Waals surface area contributed by atoms with Gasteiger partial charge in [0.1, 0.15) is 12.3 Å². The fourth-order valence-electron chi connectivity index (χ4n) is 2.12. The highest BCUT2D eigenvalue weighted by atomic mass is 79.9. The summed E-state index contributed by atoms with van der Waals surface area (Å²) in [6, 6.07) is 12.5. The van der Waals surface area contributed by atoms with Gasteiger partial charge in [0.05, 0.1) is 12.8 Å². The molecule has 0 unspecified atom stereocenters. The third-order valence-electron chi connectivity index (χ3n) is 3.28. The number of nitrogens with zero attached hydrogens (tertiary/aromatic N) is 4. The van der Waals surface area contributed by atoms with E-state index in [0.717, 1.165) is 10.0 Å². The van der Waals surface area contributed by atoms with Crippen molar-refractivity contribution in [3.8, 4) is 17.1 Å². The molecule has 0 spiro atoms. The summed E-state index contributed by atoms with van der Waals surface area (Å²) in [7, 11) is 1.52. The summed E-state index contributed by atoms with van der Waals surface area (Å²) in [6.07, 6.45) is 0. The fourth-order valence-corrected chi connectivity index (χ4v) is 2.56. The van der Waals surface area contributed by atoms with E-state index in [0.29, 0.717) is 22.3 Å². The molecule has 0 aliphatic heterocycles. The van der Waals surface area contributed by atoms with Crippen molar-refractivity contribution in [1.82, 2.24) is 20.2 Å². The maximum atomic E-state index is 12.2. The van der Waals surface area contributed by atoms with Gasteiger partial charge in [0.15, 0.2) is 0 Å². The topological polar surface area (TPSA) is 81.9 Å². The zero-order valence-electron chi connectivity index (χ0n) is 13.1. The van der Waals surface area contributed by atoms with Crippen molar-refractivity contribution in [2.75, 3.05) is 12.4 Å². The molecule has 1 N–H and O–H groups in total. The van der Waals surface area contributed by atoms with Gasteiger partial charge in [0.2, 0.25) is 11.7 Å². The van der Waals surface area contributed by atoms with E-state index < -0.39 is 0 Å². The molecule has 7 nitrogen and oxygen atoms in total. The number of tetrazole rings is 1. The lowest BCUT2D eigenvalue weighted by molar-refractivity contribution is -0.117. The normalized spacial score (nSPS) is 10.5. The summed E-state index contributed by atoms with van der Waals surface area (Å²) >= 11 is 9.32. The van der Waals surface area contributed by atoms with Crippen molar-refractivity contribution < 1.29 is 9.53 Å². The molecule has 0 aliphatic carbocycles. The molecular weight excluding hydrogens is 410 g/mol. The van der Waals surface area contributed by atoms with Gasteiger partial charge in [0, 0.05) is 15.1 Å². The summed E-state index contributed by atoms with van der Waals surface area (Å²) in [5.41, 5.74) is 1.29. The van der Waals surface area contributed by atoms with Crippen molar-refractivity contribution in [3.63, 3.8) is 0 Å². The van der Waals surface area contributed by atoms with Gasteiger partial charge in [-0.05, 0) is 47.7 Å². The molecule has 2 aromatic carbocycles. The third-order valence-corrected chi connectivity index (χ3v) is 4.04. The van der Waals surface area contributed by atoms with E-state index in [1.165, 1.54) is 11.9 Å². The number of rotatable bonds is 5. The lowest BCUT2D eigenvalue weighted by Gasteiger charge is -2.10. The number of anilines is 1. The molecule has 1 amide bonds. The molecule has 3 aromatic rings. The molecule has 9 heteroatoms. The van der Waals surface area contributed by atoms with Crippen LogP contribution in [0.3, 0.4) is 0 Å². The number of carbonyl (C=O) groups excluding carboxylic acids is 1. The maximum Gasteiger partial charge on any atom is 0.248 e. The Morgan fingerprint density at radius 1 is 1.28 bits per heavy atom. The number of ether oxygens (including phenoxy) is 1. The van der Waals surface area contributed by atoms with E-state index in [-0.39, 0.29) is 12.5 Å². The number of halogens is 2. The van der Waals surface area contributed by atoms with Crippen LogP contribution < -0.4 is 10.1 Å². The molecule has 0 bridgehead atoms. The Hall–Kier alpha value is -2.45. The number of methoxy groups -OCH3 is 1. The molecule has 0 fully saturated rings. The van der Waals surface area contributed by atoms with Crippen LogP contribution in [0.15, 0.2) is 46.9 Å². The number of benzene rings is 2. The second-order valence-corrected chi connectivity index (χ2v) is 6.40. The van der Waals surface area contributed by atoms with Crippen molar-refractivity contribution in [2.24, 2.45) is 0 Å². The number of amides is 1. The Morgan fingerprint density at radius 3 is 2.76 bits per heavy atom. The molecule has 25 heavy (non-hydrogen) atoms. The van der Waals surface area contributed by atoms with Crippen LogP contribution in [0.1, 0.15) is 0 Å². The molecule has 0 aliphatic rings. The molecule has 128 valence electrons. The van der Waals surface area contributed by atoms with Crippen molar-refractivity contribution >= 4 is 39.1 Å². The Labute approximate surface area is 157 Å². The van der Waals surface area contributed by atoms with Gasteiger partial charge < -0.3 is 10.1 Å². The highest BCUT2D eigenvalue weighted by molar-refractivity contribution is 9.10. The SMILES string of the molecule is COc1ccc(Cl)cc1NC(=O)Cn1nnc(-c2ccc(Br)cc2)n1. The Kier molecular flexibility index (Phi) is 5.30. The second kappa shape index (κ2) is 7.62. The van der Waals surface area contributed by atoms with Crippen LogP contribution >= 0.6 is 27.5 Å². The quantitative estimate of drug-likeness (QED) is 0.681. The monoisotopic (exact) mass is 421 g/mol. The largest absolute Gasteiger partial charge is 0.495 e. The van der Waals surface area contributed by atoms with E-state index in [9.17, 15) is 4.79 Å². The molecular formula is C16H13BrClN5O2. The summed E-state index contributed by atoms with van der Waals surface area (Å²) in [4.78, 5) is 13.4. The fraction of sp³-hybridized carbons (Fsp3) is 0.125. The van der Waals surface area contributed by atoms with Crippen LogP contribution in [0.4, 0.5) is 5.69 Å². The Bertz CT molecular complexity index is 898. The van der Waals surface area contributed by atoms with Crippen LogP contribution in [0.2, 0.25) is 5.02 Å². The van der Waals surface area contributed by atoms with E-state index >= 15 is 0 Å². The molecule has 0 saturated carbocycles. The number of carbonyl (C=O) groups is 1. The lowest BCUT2D eigenvalue weighted by atomic mass is 10.2. The van der Waals surface area contributed by atoms with Gasteiger partial charge in [-0.25, -0.2) is 0 Å². The minimum atomic E-state index is -0.319. The zero-order chi connectivity index (χ0) is 17.8. The van der Waals surface area contributed by atoms with Crippen molar-refractivity contribution in [2.45, 2.75) is 6.54 Å². The van der Waals surface area contributed by atoms with Crippen LogP contribution in [-0.2, 0) is 11.3 Å². The van der Waals surface area contributed by atoms with E-state index in [1.807, 2.05) is 24.3 Å². The highest BCUT2D eigenvalue weighted by Crippen LogP contribution is 2.27. The summed E-state index contributed by atoms with van der Waals surface area (Å²) in [5.74, 6) is 0.640. The molecule has 1 heterocycles. The van der Waals surface area contributed by atoms with Gasteiger partial charge in [-0.1, -0.05) is 27.5 Å². The first-order valence-electron chi connectivity index (χ1n) is 7.22. The summed E-state index contributed by atoms with van der Waals surface area (Å²) in [5, 5.41) is 15.3. The van der Waals surface area contributed by atoms with Gasteiger partial charge >= 0.3 is 0 Å². The average Bonchev–Trinajstić information content (AvgIpc) is 3.04. The Balaban J connectivity index is 1.70. The van der Waals surface area contributed by atoms with Crippen molar-refractivity contribution in [3.05, 3.63) is 52.0 Å². The van der Waals surface area contributed by atoms with E-state index in [2.05, 4.69) is 36.7 Å². The van der Waals surface area contributed by atoms with Crippen LogP contribution in [0.5, 0.6) is 5.75 Å². The van der Waals surface area contributed by atoms with Gasteiger partial charge in [-0.3, -0.25) is 4.79 Å². The average molecular weight is 423 g/mol. The highest BCUT2D eigenvalue weighted by Gasteiger charge is 2.12. The molecule has 1 aromatic heterocycles. The zero-order valence-corrected chi connectivity index (χ0v) is 15.5. The van der Waals surface area contributed by atoms with Crippen molar-refractivity contribution in [1.29, 1.82) is 0 Å². The maximum absolute atomic E-state index is 12.2. The summed E-state index contributed by atoms with van der Waals surface area (Å²) < 4.78 is 6.15. The smallest absolute Gasteiger partial charge is 0.248 e. The lowest BCUT2D eigenvalue weighted by Crippen LogP contribution is -2.20. The summed E-state index contributed by atoms with van der Waals surface area (Å²) in [6.45, 7) is -0.0841. The number of nitrogens with one attached hydrogen (secondary N) is 1. The first-order chi connectivity index (χ1) is 12.0. The second-order valence-electron chi connectivity index (χ2n) is 5.04. The molecule has 3 rings (SSSR count).